The van der Waals surface area contributed by atoms with Crippen molar-refractivity contribution in [1.82, 2.24) is 0 Å². The van der Waals surface area contributed by atoms with E-state index in [1.54, 1.807) is 25.3 Å². The first-order chi connectivity index (χ1) is 7.19. The Labute approximate surface area is 89.5 Å². The minimum atomic E-state index is 0.00348. The predicted molar refractivity (Wildman–Crippen MR) is 59.8 cm³/mol. The van der Waals surface area contributed by atoms with E-state index in [0.29, 0.717) is 23.7 Å². The summed E-state index contributed by atoms with van der Waals surface area (Å²) in [6.07, 6.45) is 0.911. The Hall–Kier alpha value is -1.71. The van der Waals surface area contributed by atoms with Gasteiger partial charge < -0.3 is 15.2 Å². The van der Waals surface area contributed by atoms with Crippen LogP contribution in [0.4, 0.5) is 0 Å². The Morgan fingerprint density at radius 1 is 1.47 bits per heavy atom. The summed E-state index contributed by atoms with van der Waals surface area (Å²) in [7, 11) is 1.59. The molecule has 3 N–H and O–H groups in total. The highest BCUT2D eigenvalue weighted by Crippen LogP contribution is 2.24. The molecule has 0 aromatic heterocycles. The lowest BCUT2D eigenvalue weighted by Gasteiger charge is -2.11. The molecule has 0 aliphatic carbocycles. The van der Waals surface area contributed by atoms with Crippen LogP contribution in [0.3, 0.4) is 0 Å². The topological polar surface area (TPSA) is 68.3 Å². The Bertz CT molecular complexity index is 350. The Morgan fingerprint density at radius 3 is 2.73 bits per heavy atom. The molecule has 1 aromatic rings. The first kappa shape index (κ1) is 11.4. The first-order valence-corrected chi connectivity index (χ1v) is 4.84. The lowest BCUT2D eigenvalue weighted by molar-refractivity contribution is 0.314. The smallest absolute Gasteiger partial charge is 0.133 e. The van der Waals surface area contributed by atoms with Gasteiger partial charge in [0.25, 0.3) is 0 Å². The number of rotatable bonds is 5. The van der Waals surface area contributed by atoms with E-state index in [-0.39, 0.29) is 5.84 Å². The molecule has 0 heterocycles. The first-order valence-electron chi connectivity index (χ1n) is 4.84. The highest BCUT2D eigenvalue weighted by molar-refractivity contribution is 5.97. The van der Waals surface area contributed by atoms with Crippen molar-refractivity contribution in [3.8, 4) is 11.5 Å². The van der Waals surface area contributed by atoms with Crippen molar-refractivity contribution < 1.29 is 9.47 Å². The highest BCUT2D eigenvalue weighted by Gasteiger charge is 2.07. The van der Waals surface area contributed by atoms with Crippen molar-refractivity contribution in [2.45, 2.75) is 13.3 Å². The number of nitrogen functional groups attached to an aromatic ring is 1. The van der Waals surface area contributed by atoms with Crippen LogP contribution in [-0.2, 0) is 0 Å². The van der Waals surface area contributed by atoms with Gasteiger partial charge in [0.15, 0.2) is 0 Å². The van der Waals surface area contributed by atoms with E-state index in [1.807, 2.05) is 6.92 Å². The van der Waals surface area contributed by atoms with E-state index in [1.165, 1.54) is 0 Å². The van der Waals surface area contributed by atoms with Crippen LogP contribution in [0.15, 0.2) is 18.2 Å². The van der Waals surface area contributed by atoms with Gasteiger partial charge >= 0.3 is 0 Å². The molecular formula is C11H16N2O2. The summed E-state index contributed by atoms with van der Waals surface area (Å²) in [4.78, 5) is 0. The van der Waals surface area contributed by atoms with E-state index < -0.39 is 0 Å². The van der Waals surface area contributed by atoms with E-state index in [0.717, 1.165) is 6.42 Å². The van der Waals surface area contributed by atoms with Crippen molar-refractivity contribution in [2.24, 2.45) is 5.73 Å². The summed E-state index contributed by atoms with van der Waals surface area (Å²) in [5.74, 6) is 1.30. The molecule has 0 spiro atoms. The molecule has 0 amide bonds. The number of nitrogens with two attached hydrogens (primary N) is 1. The molecule has 0 atom stereocenters. The average Bonchev–Trinajstić information content (AvgIpc) is 2.25. The van der Waals surface area contributed by atoms with Gasteiger partial charge in [-0.3, -0.25) is 5.41 Å². The normalized spacial score (nSPS) is 9.73. The molecule has 4 heteroatoms. The van der Waals surface area contributed by atoms with Gasteiger partial charge in [0.05, 0.1) is 19.3 Å². The van der Waals surface area contributed by atoms with Crippen molar-refractivity contribution in [2.75, 3.05) is 13.7 Å². The predicted octanol–water partition coefficient (Wildman–Crippen LogP) is 1.77. The number of ether oxygens (including phenoxy) is 2. The molecule has 0 aliphatic rings. The van der Waals surface area contributed by atoms with Crippen LogP contribution in [0.25, 0.3) is 0 Å². The van der Waals surface area contributed by atoms with Gasteiger partial charge in [-0.2, -0.15) is 0 Å². The Balaban J connectivity index is 2.99. The van der Waals surface area contributed by atoms with Crippen molar-refractivity contribution in [3.05, 3.63) is 23.8 Å². The zero-order valence-corrected chi connectivity index (χ0v) is 9.04. The van der Waals surface area contributed by atoms with Crippen molar-refractivity contribution >= 4 is 5.84 Å². The standard InChI is InChI=1S/C11H16N2O2/c1-3-6-15-10-7-8(14-2)4-5-9(10)11(12)13/h4-5,7H,3,6H2,1-2H3,(H3,12,13). The van der Waals surface area contributed by atoms with Crippen LogP contribution in [0.5, 0.6) is 11.5 Å². The Kier molecular flexibility index (Phi) is 3.97. The van der Waals surface area contributed by atoms with Gasteiger partial charge in [-0.1, -0.05) is 6.92 Å². The number of benzene rings is 1. The summed E-state index contributed by atoms with van der Waals surface area (Å²) < 4.78 is 10.6. The zero-order valence-electron chi connectivity index (χ0n) is 9.04. The molecule has 4 nitrogen and oxygen atoms in total. The second-order valence-corrected chi connectivity index (χ2v) is 3.12. The summed E-state index contributed by atoms with van der Waals surface area (Å²) in [6, 6.07) is 5.23. The van der Waals surface area contributed by atoms with Gasteiger partial charge in [-0.15, -0.1) is 0 Å². The zero-order chi connectivity index (χ0) is 11.3. The van der Waals surface area contributed by atoms with E-state index >= 15 is 0 Å². The number of hydrogen-bond donors (Lipinski definition) is 2. The maximum absolute atomic E-state index is 7.40. The quantitative estimate of drug-likeness (QED) is 0.572. The maximum Gasteiger partial charge on any atom is 0.133 e. The number of amidine groups is 1. The van der Waals surface area contributed by atoms with Crippen molar-refractivity contribution in [3.63, 3.8) is 0 Å². The summed E-state index contributed by atoms with van der Waals surface area (Å²) >= 11 is 0. The fourth-order valence-corrected chi connectivity index (χ4v) is 1.18. The minimum Gasteiger partial charge on any atom is -0.497 e. The fourth-order valence-electron chi connectivity index (χ4n) is 1.18. The lowest BCUT2D eigenvalue weighted by Crippen LogP contribution is -2.13. The molecule has 0 radical (unpaired) electrons. The molecule has 82 valence electrons. The summed E-state index contributed by atoms with van der Waals surface area (Å²) in [6.45, 7) is 2.63. The van der Waals surface area contributed by atoms with Crippen LogP contribution in [0.1, 0.15) is 18.9 Å². The molecule has 0 saturated heterocycles. The molecule has 0 unspecified atom stereocenters. The van der Waals surface area contributed by atoms with Gasteiger partial charge in [-0.05, 0) is 18.6 Å². The lowest BCUT2D eigenvalue weighted by atomic mass is 10.2. The minimum absolute atomic E-state index is 0.00348. The third-order valence-electron chi connectivity index (χ3n) is 1.94. The van der Waals surface area contributed by atoms with E-state index in [4.69, 9.17) is 20.6 Å². The van der Waals surface area contributed by atoms with Gasteiger partial charge in [0.1, 0.15) is 17.3 Å². The second kappa shape index (κ2) is 5.24. The van der Waals surface area contributed by atoms with Crippen LogP contribution in [0, 0.1) is 5.41 Å². The SMILES string of the molecule is CCCOc1cc(OC)ccc1C(=N)N. The van der Waals surface area contributed by atoms with Crippen LogP contribution in [-0.4, -0.2) is 19.6 Å². The Morgan fingerprint density at radius 2 is 2.20 bits per heavy atom. The molecule has 0 fully saturated rings. The van der Waals surface area contributed by atoms with Gasteiger partial charge in [0.2, 0.25) is 0 Å². The number of methoxy groups -OCH3 is 1. The third kappa shape index (κ3) is 2.87. The van der Waals surface area contributed by atoms with Crippen LogP contribution in [0.2, 0.25) is 0 Å². The van der Waals surface area contributed by atoms with Crippen molar-refractivity contribution in [1.29, 1.82) is 5.41 Å². The fraction of sp³-hybridized carbons (Fsp3) is 0.364. The third-order valence-corrected chi connectivity index (χ3v) is 1.94. The van der Waals surface area contributed by atoms with Crippen LogP contribution >= 0.6 is 0 Å². The van der Waals surface area contributed by atoms with Gasteiger partial charge in [0, 0.05) is 6.07 Å². The van der Waals surface area contributed by atoms with Crippen LogP contribution < -0.4 is 15.2 Å². The molecule has 0 saturated carbocycles. The largest absolute Gasteiger partial charge is 0.497 e. The molecular weight excluding hydrogens is 192 g/mol. The summed E-state index contributed by atoms with van der Waals surface area (Å²) in [5, 5.41) is 7.40. The maximum atomic E-state index is 7.40. The molecule has 15 heavy (non-hydrogen) atoms. The molecule has 0 aliphatic heterocycles. The monoisotopic (exact) mass is 208 g/mol. The highest BCUT2D eigenvalue weighted by atomic mass is 16.5. The summed E-state index contributed by atoms with van der Waals surface area (Å²) in [5.41, 5.74) is 6.04. The number of nitrogens with one attached hydrogen (secondary N) is 1. The molecule has 1 rings (SSSR count). The van der Waals surface area contributed by atoms with E-state index in [2.05, 4.69) is 0 Å². The molecule has 1 aromatic carbocycles. The average molecular weight is 208 g/mol. The van der Waals surface area contributed by atoms with E-state index in [9.17, 15) is 0 Å². The molecule has 0 bridgehead atoms. The number of hydrogen-bond acceptors (Lipinski definition) is 3. The van der Waals surface area contributed by atoms with Gasteiger partial charge in [-0.25, -0.2) is 0 Å². The second-order valence-electron chi connectivity index (χ2n) is 3.12.